The van der Waals surface area contributed by atoms with Crippen LogP contribution in [0.3, 0.4) is 0 Å². The topological polar surface area (TPSA) is 211 Å². The zero-order valence-electron chi connectivity index (χ0n) is 15.1. The zero-order chi connectivity index (χ0) is 23.4. The second-order valence-electron chi connectivity index (χ2n) is 5.70. The van der Waals surface area contributed by atoms with Crippen LogP contribution in [0.4, 0.5) is 17.1 Å². The highest BCUT2D eigenvalue weighted by Gasteiger charge is 2.15. The number of benzene rings is 3. The van der Waals surface area contributed by atoms with Gasteiger partial charge in [-0.25, -0.2) is 0 Å². The molecule has 0 aromatic heterocycles. The summed E-state index contributed by atoms with van der Waals surface area (Å²) in [4.78, 5) is -0.727. The van der Waals surface area contributed by atoms with Gasteiger partial charge in [-0.2, -0.15) is 16.8 Å². The molecular formula is C16H13N3O9S3. The van der Waals surface area contributed by atoms with E-state index >= 15 is 0 Å². The molecule has 15 heteroatoms. The monoisotopic (exact) mass is 487 g/mol. The van der Waals surface area contributed by atoms with Crippen molar-refractivity contribution in [2.24, 2.45) is 10.2 Å². The van der Waals surface area contributed by atoms with E-state index in [0.29, 0.717) is 10.8 Å². The van der Waals surface area contributed by atoms with Crippen LogP contribution in [0.5, 0.6) is 0 Å². The lowest BCUT2D eigenvalue weighted by atomic mass is 10.1. The smallest absolute Gasteiger partial charge is 0.398 e. The lowest BCUT2D eigenvalue weighted by Gasteiger charge is -2.07. The van der Waals surface area contributed by atoms with E-state index in [1.54, 1.807) is 0 Å². The first-order chi connectivity index (χ1) is 14.3. The molecule has 164 valence electrons. The number of nitrogen functional groups attached to an aromatic ring is 1. The summed E-state index contributed by atoms with van der Waals surface area (Å²) in [5, 5.41) is 8.63. The van der Waals surface area contributed by atoms with Crippen molar-refractivity contribution < 1.29 is 38.6 Å². The van der Waals surface area contributed by atoms with Crippen LogP contribution < -0.4 is 5.73 Å². The average Bonchev–Trinajstić information content (AvgIpc) is 2.66. The van der Waals surface area contributed by atoms with Gasteiger partial charge in [0.05, 0.1) is 10.6 Å². The highest BCUT2D eigenvalue weighted by molar-refractivity contribution is 7.86. The van der Waals surface area contributed by atoms with Gasteiger partial charge in [-0.05, 0) is 36.4 Å². The Balaban J connectivity index is 0.000000785. The average molecular weight is 487 g/mol. The first-order valence-corrected chi connectivity index (χ1v) is 11.7. The van der Waals surface area contributed by atoms with Crippen LogP contribution in [-0.4, -0.2) is 38.6 Å². The molecule has 0 radical (unpaired) electrons. The molecule has 31 heavy (non-hydrogen) atoms. The first-order valence-electron chi connectivity index (χ1n) is 7.85. The molecule has 3 aromatic carbocycles. The minimum absolute atomic E-state index is 0.0699. The summed E-state index contributed by atoms with van der Waals surface area (Å²) in [7, 11) is -12.0. The Morgan fingerprint density at radius 1 is 0.742 bits per heavy atom. The van der Waals surface area contributed by atoms with Crippen LogP contribution in [0.2, 0.25) is 0 Å². The number of anilines is 1. The van der Waals surface area contributed by atoms with Crippen molar-refractivity contribution >= 4 is 58.7 Å². The minimum atomic E-state index is -4.48. The predicted octanol–water partition coefficient (Wildman–Crippen LogP) is 2.33. The van der Waals surface area contributed by atoms with Crippen LogP contribution in [0.1, 0.15) is 0 Å². The molecule has 3 rings (SSSR count). The van der Waals surface area contributed by atoms with Gasteiger partial charge in [0.1, 0.15) is 10.6 Å². The summed E-state index contributed by atoms with van der Waals surface area (Å²) in [6, 6.07) is 12.3. The maximum atomic E-state index is 11.4. The third-order valence-electron chi connectivity index (χ3n) is 3.71. The Morgan fingerprint density at radius 2 is 1.32 bits per heavy atom. The number of rotatable bonds is 4. The summed E-state index contributed by atoms with van der Waals surface area (Å²) in [6.45, 7) is 0. The van der Waals surface area contributed by atoms with E-state index in [9.17, 15) is 25.9 Å². The molecule has 0 amide bonds. The SMILES string of the molecule is Nc1ccc(N=Nc2ccccc2S(=O)(=O)O)c2ccc(S(=O)(=O)O)cc12.O=S(=O)=O. The number of hydrogen-bond donors (Lipinski definition) is 3. The minimum Gasteiger partial charge on any atom is -0.398 e. The molecule has 0 aliphatic heterocycles. The quantitative estimate of drug-likeness (QED) is 0.277. The Morgan fingerprint density at radius 3 is 1.90 bits per heavy atom. The third-order valence-corrected chi connectivity index (χ3v) is 5.46. The standard InChI is InChI=1S/C16H13N3O6S2.O3S/c17-13-7-8-14(11-6-5-10(9-12(11)13)26(20,21)22)18-19-15-3-1-2-4-16(15)27(23,24)25;1-4(2)3/h1-9H,17H2,(H,20,21,22)(H,23,24,25);. The number of azo groups is 1. The molecule has 0 aliphatic rings. The number of fused-ring (bicyclic) bond motifs is 1. The summed E-state index contributed by atoms with van der Waals surface area (Å²) >= 11 is 0. The molecule has 0 saturated heterocycles. The van der Waals surface area contributed by atoms with E-state index in [1.165, 1.54) is 54.6 Å². The van der Waals surface area contributed by atoms with Gasteiger partial charge < -0.3 is 5.73 Å². The van der Waals surface area contributed by atoms with E-state index in [4.69, 9.17) is 18.4 Å². The van der Waals surface area contributed by atoms with Crippen LogP contribution >= 0.6 is 0 Å². The first kappa shape index (κ1) is 24.0. The van der Waals surface area contributed by atoms with Crippen molar-refractivity contribution in [2.75, 3.05) is 5.73 Å². The lowest BCUT2D eigenvalue weighted by Crippen LogP contribution is -1.98. The molecule has 0 bridgehead atoms. The fourth-order valence-electron chi connectivity index (χ4n) is 2.45. The van der Waals surface area contributed by atoms with Crippen LogP contribution in [0.15, 0.2) is 74.6 Å². The molecule has 0 saturated carbocycles. The highest BCUT2D eigenvalue weighted by atomic mass is 32.2. The molecule has 0 spiro atoms. The van der Waals surface area contributed by atoms with Gasteiger partial charge >= 0.3 is 10.6 Å². The molecule has 4 N–H and O–H groups in total. The normalized spacial score (nSPS) is 11.8. The summed E-state index contributed by atoms with van der Waals surface area (Å²) in [5.41, 5.74) is 6.34. The fourth-order valence-corrected chi connectivity index (χ4v) is 3.58. The maximum Gasteiger partial charge on any atom is 0.425 e. The van der Waals surface area contributed by atoms with Gasteiger partial charge in [-0.3, -0.25) is 9.11 Å². The van der Waals surface area contributed by atoms with Crippen molar-refractivity contribution in [3.8, 4) is 0 Å². The van der Waals surface area contributed by atoms with E-state index in [2.05, 4.69) is 10.2 Å². The van der Waals surface area contributed by atoms with Gasteiger partial charge in [0, 0.05) is 16.5 Å². The summed E-state index contributed by atoms with van der Waals surface area (Å²) in [6.07, 6.45) is 0. The van der Waals surface area contributed by atoms with Crippen LogP contribution in [0.25, 0.3) is 10.8 Å². The van der Waals surface area contributed by atoms with Gasteiger partial charge in [0.15, 0.2) is 0 Å². The van der Waals surface area contributed by atoms with Gasteiger partial charge in [-0.15, -0.1) is 22.9 Å². The molecule has 3 aromatic rings. The Hall–Kier alpha value is -3.24. The summed E-state index contributed by atoms with van der Waals surface area (Å²) in [5.74, 6) is 0. The van der Waals surface area contributed by atoms with Crippen molar-refractivity contribution in [1.29, 1.82) is 0 Å². The number of nitrogens with zero attached hydrogens (tertiary/aromatic N) is 2. The Kier molecular flexibility index (Phi) is 7.19. The maximum absolute atomic E-state index is 11.4. The molecule has 0 aliphatic carbocycles. The summed E-state index contributed by atoms with van der Waals surface area (Å²) < 4.78 is 89.2. The Bertz CT molecular complexity index is 1490. The Labute approximate surface area is 177 Å². The second kappa shape index (κ2) is 9.27. The van der Waals surface area contributed by atoms with E-state index in [1.807, 2.05) is 0 Å². The van der Waals surface area contributed by atoms with E-state index in [0.717, 1.165) is 0 Å². The van der Waals surface area contributed by atoms with Crippen molar-refractivity contribution in [3.63, 3.8) is 0 Å². The second-order valence-corrected chi connectivity index (χ2v) is 8.92. The van der Waals surface area contributed by atoms with E-state index in [-0.39, 0.29) is 22.0 Å². The van der Waals surface area contributed by atoms with Gasteiger partial charge in [-0.1, -0.05) is 18.2 Å². The van der Waals surface area contributed by atoms with Gasteiger partial charge in [0.2, 0.25) is 0 Å². The van der Waals surface area contributed by atoms with Crippen LogP contribution in [-0.2, 0) is 30.8 Å². The number of hydrogen-bond acceptors (Lipinski definition) is 10. The van der Waals surface area contributed by atoms with Crippen LogP contribution in [0, 0.1) is 0 Å². The molecule has 0 heterocycles. The molecule has 0 fully saturated rings. The lowest BCUT2D eigenvalue weighted by molar-refractivity contribution is 0.481. The predicted molar refractivity (Wildman–Crippen MR) is 108 cm³/mol. The van der Waals surface area contributed by atoms with Crippen molar-refractivity contribution in [3.05, 3.63) is 54.6 Å². The van der Waals surface area contributed by atoms with Gasteiger partial charge in [0.25, 0.3) is 20.2 Å². The largest absolute Gasteiger partial charge is 0.425 e. The zero-order valence-corrected chi connectivity index (χ0v) is 17.6. The molecule has 0 atom stereocenters. The molecule has 0 unspecified atom stereocenters. The highest BCUT2D eigenvalue weighted by Crippen LogP contribution is 2.34. The molecular weight excluding hydrogens is 474 g/mol. The van der Waals surface area contributed by atoms with E-state index < -0.39 is 35.7 Å². The fraction of sp³-hybridized carbons (Fsp3) is 0. The third kappa shape index (κ3) is 6.37. The number of nitrogens with two attached hydrogens (primary N) is 1. The van der Waals surface area contributed by atoms with Crippen molar-refractivity contribution in [2.45, 2.75) is 9.79 Å². The molecule has 12 nitrogen and oxygen atoms in total. The van der Waals surface area contributed by atoms with Crippen molar-refractivity contribution in [1.82, 2.24) is 0 Å².